The Labute approximate surface area is 301 Å². The molecule has 0 amide bonds. The molecule has 1 saturated heterocycles. The molecule has 0 radical (unpaired) electrons. The molecule has 19 heteroatoms. The Balaban J connectivity index is 1.61. The number of phenolic OH excluding ortho intramolecular Hbond substituents is 1. The van der Waals surface area contributed by atoms with Gasteiger partial charge in [0, 0.05) is 24.4 Å². The number of fused-ring (bicyclic) bond motifs is 1. The largest absolute Gasteiger partial charge is 0.504 e. The molecular weight excluding hydrogens is 710 g/mol. The van der Waals surface area contributed by atoms with Crippen LogP contribution in [0.4, 0.5) is 0 Å². The Morgan fingerprint density at radius 3 is 2.23 bits per heavy atom. The topological polar surface area (TPSA) is 301 Å². The lowest BCUT2D eigenvalue weighted by atomic mass is 9.54. The molecule has 7 N–H and O–H groups in total. The molecule has 0 unspecified atom stereocenters. The summed E-state index contributed by atoms with van der Waals surface area (Å²) < 4.78 is 21.5. The summed E-state index contributed by atoms with van der Waals surface area (Å²) in [7, 11) is 1.84. The molecule has 1 fully saturated rings. The van der Waals surface area contributed by atoms with Gasteiger partial charge in [-0.2, -0.15) is 0 Å². The number of phenols is 1. The maximum atomic E-state index is 13.5. The first-order valence-electron chi connectivity index (χ1n) is 16.5. The van der Waals surface area contributed by atoms with Crippen LogP contribution in [-0.4, -0.2) is 138 Å². The van der Waals surface area contributed by atoms with Crippen LogP contribution in [0.3, 0.4) is 0 Å². The van der Waals surface area contributed by atoms with Gasteiger partial charge in [0.2, 0.25) is 6.10 Å². The number of hydrogen-bond donors (Lipinski definition) is 7. The van der Waals surface area contributed by atoms with Crippen molar-refractivity contribution in [2.75, 3.05) is 13.6 Å². The molecule has 1 aromatic rings. The van der Waals surface area contributed by atoms with Gasteiger partial charge >= 0.3 is 35.8 Å². The summed E-state index contributed by atoms with van der Waals surface area (Å²) in [6.07, 6.45) is -12.0. The number of esters is 3. The molecular formula is C34H41NO18. The number of aliphatic carboxylic acids is 3. The van der Waals surface area contributed by atoms with E-state index < -0.39 is 114 Å². The number of hydrogen-bond acceptors (Lipinski definition) is 16. The Hall–Kier alpha value is -5.11. The number of aryl methyl sites for hydroxylation is 1. The Morgan fingerprint density at radius 1 is 0.962 bits per heavy atom. The summed E-state index contributed by atoms with van der Waals surface area (Å²) in [6, 6.07) is 2.64. The van der Waals surface area contributed by atoms with Gasteiger partial charge in [-0.05, 0) is 58.5 Å². The fraction of sp³-hybridized carbons (Fsp3) is 0.559. The number of ether oxygens (including phenoxy) is 4. The molecule has 3 aliphatic rings. The number of carbonyl (C=O) groups excluding carboxylic acids is 4. The minimum Gasteiger partial charge on any atom is -0.504 e. The van der Waals surface area contributed by atoms with Gasteiger partial charge in [0.1, 0.15) is 11.9 Å². The van der Waals surface area contributed by atoms with Gasteiger partial charge in [0.05, 0.1) is 29.8 Å². The smallest absolute Gasteiger partial charge is 0.348 e. The van der Waals surface area contributed by atoms with Crippen molar-refractivity contribution in [3.63, 3.8) is 0 Å². The van der Waals surface area contributed by atoms with E-state index in [1.165, 1.54) is 12.1 Å². The molecule has 2 aliphatic heterocycles. The van der Waals surface area contributed by atoms with Crippen molar-refractivity contribution in [2.24, 2.45) is 5.92 Å². The highest BCUT2D eigenvalue weighted by Gasteiger charge is 2.69. The fourth-order valence-electron chi connectivity index (χ4n) is 7.19. The number of piperidine rings is 1. The number of likely N-dealkylation sites (N-methyl/N-ethyl adjacent to an activating group) is 1. The zero-order chi connectivity index (χ0) is 39.7. The minimum absolute atomic E-state index is 0.0441. The number of carboxylic acids is 3. The van der Waals surface area contributed by atoms with E-state index >= 15 is 0 Å². The number of aromatic hydroxyl groups is 1. The number of ketones is 1. The van der Waals surface area contributed by atoms with E-state index in [0.29, 0.717) is 24.1 Å². The number of carbonyl (C=O) groups is 7. The zero-order valence-electron chi connectivity index (χ0n) is 29.1. The quantitative estimate of drug-likeness (QED) is 0.0849. The second kappa shape index (κ2) is 15.5. The summed E-state index contributed by atoms with van der Waals surface area (Å²) in [4.78, 5) is 87.5. The standard InChI is InChI=1S/C34H41NO18/c1-14-5-6-18(36)27-24(14)33-9-10-35(4)16(3)34(33,49)8-7-20(28(33)53-27)51-23(40)12-17(11-19(37)25(41)26(42)30(45)46)32(48)50-15(2)31(47)52-21(29(43)44)13-22(38)39/h5-7,15-17,21,25-26,28,36,41-42,49H,8-13H2,1-4H3,(H,38,39)(H,43,44)(H,45,46)/t15-,16+,17-,21+,25-,26+,28-,33-,34+/m0/s1. The van der Waals surface area contributed by atoms with Crippen LogP contribution >= 0.6 is 0 Å². The van der Waals surface area contributed by atoms with Crippen LogP contribution in [0.5, 0.6) is 11.5 Å². The SMILES string of the molecule is Cc1ccc(O)c2c1[C@]13CCN(C)[C@H](C)[C@]1(O)CC=C(OC(=O)C[C@H](CC(=O)[C@H](O)[C@@H](O)C(=O)O)C(=O)O[C@@H](C)C(=O)O[C@H](CC(=O)O)C(=O)O)[C@@H]3O2. The fourth-order valence-corrected chi connectivity index (χ4v) is 7.19. The van der Waals surface area contributed by atoms with Gasteiger partial charge in [-0.1, -0.05) is 6.07 Å². The maximum absolute atomic E-state index is 13.5. The van der Waals surface area contributed by atoms with Gasteiger partial charge in [0.25, 0.3) is 0 Å². The van der Waals surface area contributed by atoms with Crippen LogP contribution in [0.25, 0.3) is 0 Å². The highest BCUT2D eigenvalue weighted by atomic mass is 16.6. The van der Waals surface area contributed by atoms with E-state index in [0.717, 1.165) is 6.92 Å². The lowest BCUT2D eigenvalue weighted by Gasteiger charge is -2.58. The monoisotopic (exact) mass is 751 g/mol. The summed E-state index contributed by atoms with van der Waals surface area (Å²) in [5.74, 6) is -13.1. The number of carboxylic acid groups (broad SMARTS) is 3. The molecule has 0 saturated carbocycles. The lowest BCUT2D eigenvalue weighted by molar-refractivity contribution is -0.180. The average Bonchev–Trinajstić information content (AvgIpc) is 3.45. The summed E-state index contributed by atoms with van der Waals surface area (Å²) in [5, 5.41) is 69.9. The van der Waals surface area contributed by atoms with Crippen molar-refractivity contribution in [2.45, 2.75) is 100 Å². The van der Waals surface area contributed by atoms with Crippen molar-refractivity contribution in [3.8, 4) is 11.5 Å². The zero-order valence-corrected chi connectivity index (χ0v) is 29.1. The van der Waals surface area contributed by atoms with Gasteiger partial charge in [-0.25, -0.2) is 14.4 Å². The Kier molecular flexibility index (Phi) is 11.9. The van der Waals surface area contributed by atoms with Crippen LogP contribution in [0.1, 0.15) is 57.1 Å². The van der Waals surface area contributed by atoms with Crippen LogP contribution in [-0.2, 0) is 53.2 Å². The third kappa shape index (κ3) is 7.68. The molecule has 0 bridgehead atoms. The Bertz CT molecular complexity index is 1720. The molecule has 1 aliphatic carbocycles. The third-order valence-corrected chi connectivity index (χ3v) is 10.2. The predicted molar refractivity (Wildman–Crippen MR) is 172 cm³/mol. The first-order valence-corrected chi connectivity index (χ1v) is 16.5. The molecule has 2 heterocycles. The minimum atomic E-state index is -2.61. The van der Waals surface area contributed by atoms with E-state index in [2.05, 4.69) is 4.74 Å². The first kappa shape index (κ1) is 40.7. The van der Waals surface area contributed by atoms with Crippen LogP contribution < -0.4 is 4.74 Å². The second-order valence-electron chi connectivity index (χ2n) is 13.4. The normalized spacial score (nSPS) is 26.1. The van der Waals surface area contributed by atoms with E-state index in [4.69, 9.17) is 29.5 Å². The van der Waals surface area contributed by atoms with Gasteiger partial charge in [-0.3, -0.25) is 19.2 Å². The van der Waals surface area contributed by atoms with Crippen molar-refractivity contribution >= 4 is 41.6 Å². The molecule has 53 heavy (non-hydrogen) atoms. The summed E-state index contributed by atoms with van der Waals surface area (Å²) >= 11 is 0. The van der Waals surface area contributed by atoms with E-state index in [1.807, 2.05) is 18.9 Å². The lowest BCUT2D eigenvalue weighted by Crippen LogP contribution is -2.71. The third-order valence-electron chi connectivity index (χ3n) is 10.2. The average molecular weight is 752 g/mol. The predicted octanol–water partition coefficient (Wildman–Crippen LogP) is -0.840. The van der Waals surface area contributed by atoms with Crippen molar-refractivity contribution in [1.29, 1.82) is 0 Å². The van der Waals surface area contributed by atoms with E-state index in [-0.39, 0.29) is 23.7 Å². The number of aliphatic hydroxyl groups is 3. The van der Waals surface area contributed by atoms with E-state index in [9.17, 15) is 54.0 Å². The van der Waals surface area contributed by atoms with Crippen molar-refractivity contribution in [3.05, 3.63) is 35.1 Å². The van der Waals surface area contributed by atoms with Crippen LogP contribution in [0, 0.1) is 12.8 Å². The number of likely N-dealkylation sites (tertiary alicyclic amines) is 1. The number of nitrogens with zero attached hydrogens (tertiary/aromatic N) is 1. The second-order valence-corrected chi connectivity index (χ2v) is 13.4. The molecule has 0 aromatic heterocycles. The number of benzene rings is 1. The van der Waals surface area contributed by atoms with Gasteiger partial charge < -0.3 is 59.6 Å². The Morgan fingerprint density at radius 2 is 1.62 bits per heavy atom. The van der Waals surface area contributed by atoms with E-state index in [1.54, 1.807) is 13.0 Å². The molecule has 19 nitrogen and oxygen atoms in total. The first-order chi connectivity index (χ1) is 24.7. The number of Topliss-reactive ketones (excluding diaryl/α,β-unsaturated/α-hetero) is 1. The van der Waals surface area contributed by atoms with Crippen LogP contribution in [0.15, 0.2) is 24.0 Å². The summed E-state index contributed by atoms with van der Waals surface area (Å²) in [5.41, 5.74) is -1.49. The summed E-state index contributed by atoms with van der Waals surface area (Å²) in [6.45, 7) is 5.00. The van der Waals surface area contributed by atoms with Crippen molar-refractivity contribution in [1.82, 2.24) is 4.90 Å². The molecule has 4 rings (SSSR count). The van der Waals surface area contributed by atoms with Crippen molar-refractivity contribution < 1.29 is 88.3 Å². The molecule has 9 atom stereocenters. The highest BCUT2D eigenvalue weighted by molar-refractivity contribution is 5.93. The molecule has 1 aromatic carbocycles. The highest BCUT2D eigenvalue weighted by Crippen LogP contribution is 2.62. The van der Waals surface area contributed by atoms with Crippen LogP contribution in [0.2, 0.25) is 0 Å². The maximum Gasteiger partial charge on any atom is 0.348 e. The number of aliphatic hydroxyl groups excluding tert-OH is 2. The van der Waals surface area contributed by atoms with Gasteiger partial charge in [-0.15, -0.1) is 0 Å². The molecule has 1 spiro atoms. The van der Waals surface area contributed by atoms with Gasteiger partial charge in [0.15, 0.2) is 35.6 Å². The number of rotatable bonds is 15. The molecule has 290 valence electrons.